The van der Waals surface area contributed by atoms with E-state index in [4.69, 9.17) is 11.6 Å². The van der Waals surface area contributed by atoms with Gasteiger partial charge < -0.3 is 4.79 Å². The molecule has 1 unspecified atom stereocenters. The highest BCUT2D eigenvalue weighted by molar-refractivity contribution is 6.30. The lowest BCUT2D eigenvalue weighted by molar-refractivity contribution is -0.108. The van der Waals surface area contributed by atoms with Crippen molar-refractivity contribution in [3.63, 3.8) is 0 Å². The van der Waals surface area contributed by atoms with Crippen molar-refractivity contribution in [1.29, 1.82) is 0 Å². The van der Waals surface area contributed by atoms with E-state index in [9.17, 15) is 9.59 Å². The third-order valence-corrected chi connectivity index (χ3v) is 3.67. The molecule has 2 aromatic rings. The highest BCUT2D eigenvalue weighted by atomic mass is 35.5. The Bertz CT molecular complexity index is 645. The van der Waals surface area contributed by atoms with E-state index in [1.807, 2.05) is 26.0 Å². The number of halogens is 1. The predicted octanol–water partition coefficient (Wildman–Crippen LogP) is 4.18. The zero-order valence-corrected chi connectivity index (χ0v) is 12.1. The molecule has 0 fully saturated rings. The van der Waals surface area contributed by atoms with Crippen molar-refractivity contribution < 1.29 is 9.59 Å². The van der Waals surface area contributed by atoms with Crippen LogP contribution in [0.5, 0.6) is 0 Å². The molecule has 3 heteroatoms. The molecule has 0 heterocycles. The number of aldehydes is 1. The Labute approximate surface area is 123 Å². The molecule has 1 atom stereocenters. The Morgan fingerprint density at radius 2 is 1.80 bits per heavy atom. The fourth-order valence-electron chi connectivity index (χ4n) is 2.22. The molecule has 2 aromatic carbocycles. The van der Waals surface area contributed by atoms with E-state index in [2.05, 4.69) is 0 Å². The van der Waals surface area contributed by atoms with Gasteiger partial charge in [0, 0.05) is 22.1 Å². The molecular formula is C17H15ClO2. The van der Waals surface area contributed by atoms with Crippen LogP contribution in [0.4, 0.5) is 0 Å². The second-order valence-corrected chi connectivity index (χ2v) is 5.22. The summed E-state index contributed by atoms with van der Waals surface area (Å²) in [4.78, 5) is 23.5. The minimum atomic E-state index is -0.215. The first-order valence-corrected chi connectivity index (χ1v) is 6.77. The SMILES string of the molecule is Cc1c(C(=O)c2ccc(Cl)cc2)cccc1C(C)C=O. The molecule has 0 saturated carbocycles. The summed E-state index contributed by atoms with van der Waals surface area (Å²) in [5.74, 6) is -0.271. The van der Waals surface area contributed by atoms with Crippen LogP contribution in [0.3, 0.4) is 0 Å². The van der Waals surface area contributed by atoms with Crippen LogP contribution >= 0.6 is 11.6 Å². The maximum atomic E-state index is 12.5. The molecule has 102 valence electrons. The number of carbonyl (C=O) groups is 2. The molecule has 20 heavy (non-hydrogen) atoms. The van der Waals surface area contributed by atoms with Crippen molar-refractivity contribution in [2.45, 2.75) is 19.8 Å². The summed E-state index contributed by atoms with van der Waals surface area (Å²) in [5, 5.41) is 0.599. The molecule has 0 amide bonds. The Morgan fingerprint density at radius 1 is 1.15 bits per heavy atom. The smallest absolute Gasteiger partial charge is 0.193 e. The van der Waals surface area contributed by atoms with E-state index in [1.54, 1.807) is 30.3 Å². The van der Waals surface area contributed by atoms with Crippen molar-refractivity contribution in [1.82, 2.24) is 0 Å². The van der Waals surface area contributed by atoms with Gasteiger partial charge in [0.25, 0.3) is 0 Å². The molecule has 0 saturated heterocycles. The number of benzene rings is 2. The van der Waals surface area contributed by atoms with Crippen molar-refractivity contribution in [2.24, 2.45) is 0 Å². The van der Waals surface area contributed by atoms with Gasteiger partial charge in [-0.05, 0) is 42.3 Å². The van der Waals surface area contributed by atoms with Crippen LogP contribution in [-0.4, -0.2) is 12.1 Å². The molecule has 2 rings (SSSR count). The van der Waals surface area contributed by atoms with Gasteiger partial charge in [0.05, 0.1) is 0 Å². The summed E-state index contributed by atoms with van der Waals surface area (Å²) in [5.41, 5.74) is 2.96. The molecule has 0 aliphatic carbocycles. The Balaban J connectivity index is 2.45. The maximum absolute atomic E-state index is 12.5. The number of carbonyl (C=O) groups excluding carboxylic acids is 2. The van der Waals surface area contributed by atoms with Crippen LogP contribution in [0, 0.1) is 6.92 Å². The second-order valence-electron chi connectivity index (χ2n) is 4.78. The number of hydrogen-bond donors (Lipinski definition) is 0. The molecule has 0 spiro atoms. The molecule has 2 nitrogen and oxygen atoms in total. The minimum absolute atomic E-state index is 0.0564. The largest absolute Gasteiger partial charge is 0.303 e. The molecule has 0 aliphatic rings. The van der Waals surface area contributed by atoms with Gasteiger partial charge in [-0.2, -0.15) is 0 Å². The zero-order chi connectivity index (χ0) is 14.7. The third-order valence-electron chi connectivity index (χ3n) is 3.42. The lowest BCUT2D eigenvalue weighted by Gasteiger charge is -2.12. The highest BCUT2D eigenvalue weighted by Crippen LogP contribution is 2.23. The van der Waals surface area contributed by atoms with E-state index in [0.29, 0.717) is 16.1 Å². The van der Waals surface area contributed by atoms with E-state index in [1.165, 1.54) is 0 Å². The molecule has 0 N–H and O–H groups in total. The first-order valence-electron chi connectivity index (χ1n) is 6.39. The number of hydrogen-bond acceptors (Lipinski definition) is 2. The summed E-state index contributed by atoms with van der Waals surface area (Å²) < 4.78 is 0. The molecule has 0 bridgehead atoms. The topological polar surface area (TPSA) is 34.1 Å². The van der Waals surface area contributed by atoms with E-state index >= 15 is 0 Å². The summed E-state index contributed by atoms with van der Waals surface area (Å²) in [7, 11) is 0. The first-order chi connectivity index (χ1) is 9.54. The second kappa shape index (κ2) is 6.02. The number of ketones is 1. The van der Waals surface area contributed by atoms with Crippen molar-refractivity contribution in [2.75, 3.05) is 0 Å². The minimum Gasteiger partial charge on any atom is -0.303 e. The summed E-state index contributed by atoms with van der Waals surface area (Å²) in [6, 6.07) is 12.3. The standard InChI is InChI=1S/C17H15ClO2/c1-11(10-19)15-4-3-5-16(12(15)2)17(20)13-6-8-14(18)9-7-13/h3-11H,1-2H3. The summed E-state index contributed by atoms with van der Waals surface area (Å²) >= 11 is 5.83. The van der Waals surface area contributed by atoms with Gasteiger partial charge in [-0.15, -0.1) is 0 Å². The Morgan fingerprint density at radius 3 is 2.40 bits per heavy atom. The molecular weight excluding hydrogens is 272 g/mol. The van der Waals surface area contributed by atoms with Crippen LogP contribution in [-0.2, 0) is 4.79 Å². The lowest BCUT2D eigenvalue weighted by Crippen LogP contribution is -2.07. The summed E-state index contributed by atoms with van der Waals surface area (Å²) in [6.45, 7) is 3.70. The van der Waals surface area contributed by atoms with Crippen LogP contribution < -0.4 is 0 Å². The Kier molecular flexibility index (Phi) is 4.35. The summed E-state index contributed by atoms with van der Waals surface area (Å²) in [6.07, 6.45) is 0.888. The average molecular weight is 287 g/mol. The number of rotatable bonds is 4. The fourth-order valence-corrected chi connectivity index (χ4v) is 2.35. The fraction of sp³-hybridized carbons (Fsp3) is 0.176. The van der Waals surface area contributed by atoms with Crippen LogP contribution in [0.25, 0.3) is 0 Å². The van der Waals surface area contributed by atoms with E-state index in [0.717, 1.165) is 17.4 Å². The highest BCUT2D eigenvalue weighted by Gasteiger charge is 2.16. The van der Waals surface area contributed by atoms with Crippen molar-refractivity contribution in [3.8, 4) is 0 Å². The van der Waals surface area contributed by atoms with Crippen LogP contribution in [0.15, 0.2) is 42.5 Å². The zero-order valence-electron chi connectivity index (χ0n) is 11.4. The molecule has 0 aromatic heterocycles. The van der Waals surface area contributed by atoms with Gasteiger partial charge in [-0.1, -0.05) is 36.7 Å². The molecule has 0 aliphatic heterocycles. The normalized spacial score (nSPS) is 11.9. The van der Waals surface area contributed by atoms with Gasteiger partial charge in [0.1, 0.15) is 6.29 Å². The Hall–Kier alpha value is -1.93. The van der Waals surface area contributed by atoms with Gasteiger partial charge in [-0.3, -0.25) is 4.79 Å². The van der Waals surface area contributed by atoms with E-state index in [-0.39, 0.29) is 11.7 Å². The van der Waals surface area contributed by atoms with Crippen molar-refractivity contribution >= 4 is 23.7 Å². The monoisotopic (exact) mass is 286 g/mol. The van der Waals surface area contributed by atoms with Crippen LogP contribution in [0.2, 0.25) is 5.02 Å². The van der Waals surface area contributed by atoms with E-state index < -0.39 is 0 Å². The lowest BCUT2D eigenvalue weighted by atomic mass is 9.90. The van der Waals surface area contributed by atoms with Crippen molar-refractivity contribution in [3.05, 3.63) is 69.7 Å². The van der Waals surface area contributed by atoms with Gasteiger partial charge in [0.15, 0.2) is 5.78 Å². The van der Waals surface area contributed by atoms with Gasteiger partial charge in [0.2, 0.25) is 0 Å². The maximum Gasteiger partial charge on any atom is 0.193 e. The first kappa shape index (κ1) is 14.5. The quantitative estimate of drug-likeness (QED) is 0.624. The average Bonchev–Trinajstić information content (AvgIpc) is 2.47. The third kappa shape index (κ3) is 2.81. The predicted molar refractivity (Wildman–Crippen MR) is 80.5 cm³/mol. The van der Waals surface area contributed by atoms with Gasteiger partial charge in [-0.25, -0.2) is 0 Å². The van der Waals surface area contributed by atoms with Crippen LogP contribution in [0.1, 0.15) is 39.9 Å². The molecule has 0 radical (unpaired) electrons. The van der Waals surface area contributed by atoms with Gasteiger partial charge >= 0.3 is 0 Å².